The molecule has 10 heteroatoms. The molecule has 178 valence electrons. The van der Waals surface area contributed by atoms with Crippen molar-refractivity contribution in [1.82, 2.24) is 19.9 Å². The molecule has 2 heterocycles. The van der Waals surface area contributed by atoms with Crippen molar-refractivity contribution in [3.05, 3.63) is 76.6 Å². The fourth-order valence-corrected chi connectivity index (χ4v) is 4.62. The molecule has 2 N–H and O–H groups in total. The highest BCUT2D eigenvalue weighted by molar-refractivity contribution is 7.89. The lowest BCUT2D eigenvalue weighted by Gasteiger charge is -2.06. The molecule has 0 saturated carbocycles. The third-order valence-electron chi connectivity index (χ3n) is 5.39. The highest BCUT2D eigenvalue weighted by atomic mass is 32.2. The summed E-state index contributed by atoms with van der Waals surface area (Å²) in [4.78, 5) is 16.6. The zero-order chi connectivity index (χ0) is 24.3. The number of sulfonamides is 1. The van der Waals surface area contributed by atoms with Crippen molar-refractivity contribution in [3.63, 3.8) is 0 Å². The molecule has 4 aromatic rings. The van der Waals surface area contributed by atoms with Crippen LogP contribution in [-0.2, 0) is 27.6 Å². The largest absolute Gasteiger partial charge is 0.460 e. The number of H-pyrrole nitrogens is 1. The Bertz CT molecular complexity index is 1420. The van der Waals surface area contributed by atoms with Crippen molar-refractivity contribution in [3.8, 4) is 0 Å². The summed E-state index contributed by atoms with van der Waals surface area (Å²) in [6, 6.07) is 12.6. The summed E-state index contributed by atoms with van der Waals surface area (Å²) in [5, 5.41) is 7.63. The first-order valence-corrected chi connectivity index (χ1v) is 12.4. The van der Waals surface area contributed by atoms with Gasteiger partial charge in [0, 0.05) is 30.3 Å². The lowest BCUT2D eigenvalue weighted by atomic mass is 10.1. The number of nitrogens with zero attached hydrogens (tertiary/aromatic N) is 2. The average Bonchev–Trinajstić information content (AvgIpc) is 3.39. The maximum Gasteiger partial charge on any atom is 0.374 e. The summed E-state index contributed by atoms with van der Waals surface area (Å²) in [6.45, 7) is 5.79. The summed E-state index contributed by atoms with van der Waals surface area (Å²) < 4.78 is 38.8. The van der Waals surface area contributed by atoms with Crippen LogP contribution in [0.5, 0.6) is 0 Å². The van der Waals surface area contributed by atoms with E-state index in [1.807, 2.05) is 31.2 Å². The van der Waals surface area contributed by atoms with Gasteiger partial charge in [0.2, 0.25) is 15.8 Å². The van der Waals surface area contributed by atoms with Crippen LogP contribution in [0.3, 0.4) is 0 Å². The molecule has 0 aliphatic rings. The second-order valence-corrected chi connectivity index (χ2v) is 9.71. The Labute approximate surface area is 197 Å². The van der Waals surface area contributed by atoms with E-state index in [4.69, 9.17) is 9.15 Å². The monoisotopic (exact) mass is 482 g/mol. The van der Waals surface area contributed by atoms with E-state index in [2.05, 4.69) is 19.9 Å². The molecule has 4 rings (SSSR count). The first-order valence-electron chi connectivity index (χ1n) is 10.9. The van der Waals surface area contributed by atoms with Gasteiger partial charge < -0.3 is 9.15 Å². The lowest BCUT2D eigenvalue weighted by molar-refractivity contribution is 0.0491. The summed E-state index contributed by atoms with van der Waals surface area (Å²) in [6.07, 6.45) is 0.959. The van der Waals surface area contributed by atoms with Crippen molar-refractivity contribution in [2.24, 2.45) is 0 Å². The standard InChI is InChI=1S/C24H26N4O5S/c1-4-32-24(29)23-16(3)19-14-18(9-10-20(19)33-23)34(30,31)25-12-11-21-26-22(28-27-21)13-17-7-5-15(2)6-8-17/h5-10,14,25H,4,11-13H2,1-3H3,(H,26,27,28). The van der Waals surface area contributed by atoms with Gasteiger partial charge in [-0.05, 0) is 44.5 Å². The molecule has 0 spiro atoms. The summed E-state index contributed by atoms with van der Waals surface area (Å²) in [7, 11) is -3.78. The smallest absolute Gasteiger partial charge is 0.374 e. The van der Waals surface area contributed by atoms with Crippen LogP contribution in [0.2, 0.25) is 0 Å². The molecule has 9 nitrogen and oxygen atoms in total. The lowest BCUT2D eigenvalue weighted by Crippen LogP contribution is -2.26. The third-order valence-corrected chi connectivity index (χ3v) is 6.85. The van der Waals surface area contributed by atoms with Crippen molar-refractivity contribution in [1.29, 1.82) is 0 Å². The molecule has 0 aliphatic carbocycles. The number of nitrogens with one attached hydrogen (secondary N) is 2. The van der Waals surface area contributed by atoms with Crippen LogP contribution < -0.4 is 4.72 Å². The second kappa shape index (κ2) is 9.78. The molecule has 0 bridgehead atoms. The van der Waals surface area contributed by atoms with Gasteiger partial charge in [0.25, 0.3) is 0 Å². The number of aromatic amines is 1. The number of rotatable bonds is 9. The molecule has 0 radical (unpaired) electrons. The summed E-state index contributed by atoms with van der Waals surface area (Å²) in [5.41, 5.74) is 3.26. The van der Waals surface area contributed by atoms with Gasteiger partial charge in [0.1, 0.15) is 11.4 Å². The Morgan fingerprint density at radius 1 is 1.15 bits per heavy atom. The molecule has 0 amide bonds. The van der Waals surface area contributed by atoms with Gasteiger partial charge in [-0.1, -0.05) is 29.8 Å². The van der Waals surface area contributed by atoms with Crippen LogP contribution in [-0.4, -0.2) is 42.7 Å². The Morgan fingerprint density at radius 2 is 1.91 bits per heavy atom. The fraction of sp³-hybridized carbons (Fsp3) is 0.292. The van der Waals surface area contributed by atoms with E-state index in [-0.39, 0.29) is 23.8 Å². The van der Waals surface area contributed by atoms with E-state index >= 15 is 0 Å². The first-order chi connectivity index (χ1) is 16.3. The minimum atomic E-state index is -3.78. The number of fused-ring (bicyclic) bond motifs is 1. The molecule has 2 aromatic heterocycles. The van der Waals surface area contributed by atoms with E-state index in [9.17, 15) is 13.2 Å². The van der Waals surface area contributed by atoms with E-state index in [0.717, 1.165) is 11.4 Å². The van der Waals surface area contributed by atoms with Crippen molar-refractivity contribution in [2.75, 3.05) is 13.2 Å². The predicted molar refractivity (Wildman–Crippen MR) is 126 cm³/mol. The topological polar surface area (TPSA) is 127 Å². The van der Waals surface area contributed by atoms with Gasteiger partial charge in [0.05, 0.1) is 11.5 Å². The second-order valence-electron chi connectivity index (χ2n) is 7.94. The Balaban J connectivity index is 1.40. The average molecular weight is 483 g/mol. The van der Waals surface area contributed by atoms with Gasteiger partial charge in [-0.15, -0.1) is 0 Å². The number of carbonyl (C=O) groups excluding carboxylic acids is 1. The Morgan fingerprint density at radius 3 is 2.65 bits per heavy atom. The SMILES string of the molecule is CCOC(=O)c1oc2ccc(S(=O)(=O)NCCc3n[nH]c(Cc4ccc(C)cc4)n3)cc2c1C. The first kappa shape index (κ1) is 23.7. The zero-order valence-corrected chi connectivity index (χ0v) is 20.0. The molecule has 0 aliphatic heterocycles. The van der Waals surface area contributed by atoms with Crippen molar-refractivity contribution < 1.29 is 22.4 Å². The number of furan rings is 1. The van der Waals surface area contributed by atoms with Crippen LogP contribution in [0, 0.1) is 13.8 Å². The van der Waals surface area contributed by atoms with Gasteiger partial charge in [-0.2, -0.15) is 5.10 Å². The molecule has 0 fully saturated rings. The van der Waals surface area contributed by atoms with Crippen molar-refractivity contribution >= 4 is 27.0 Å². The molecule has 0 unspecified atom stereocenters. The van der Waals surface area contributed by atoms with Crippen LogP contribution in [0.15, 0.2) is 51.8 Å². The fourth-order valence-electron chi connectivity index (χ4n) is 3.56. The number of hydrogen-bond acceptors (Lipinski definition) is 7. The van der Waals surface area contributed by atoms with E-state index in [0.29, 0.717) is 35.2 Å². The number of ether oxygens (including phenoxy) is 1. The summed E-state index contributed by atoms with van der Waals surface area (Å²) in [5.74, 6) is 0.752. The molecular formula is C24H26N4O5S. The number of aromatic nitrogens is 3. The van der Waals surface area contributed by atoms with Crippen LogP contribution in [0.4, 0.5) is 0 Å². The normalized spacial score (nSPS) is 11.7. The Hall–Kier alpha value is -3.50. The predicted octanol–water partition coefficient (Wildman–Crippen LogP) is 3.46. The highest BCUT2D eigenvalue weighted by Crippen LogP contribution is 2.28. The maximum absolute atomic E-state index is 12.8. The van der Waals surface area contributed by atoms with Gasteiger partial charge in [-0.25, -0.2) is 22.9 Å². The van der Waals surface area contributed by atoms with Gasteiger partial charge in [0.15, 0.2) is 5.82 Å². The van der Waals surface area contributed by atoms with E-state index < -0.39 is 16.0 Å². The third kappa shape index (κ3) is 5.18. The molecule has 2 aromatic carbocycles. The van der Waals surface area contributed by atoms with Gasteiger partial charge >= 0.3 is 5.97 Å². The van der Waals surface area contributed by atoms with Crippen molar-refractivity contribution in [2.45, 2.75) is 38.5 Å². The van der Waals surface area contributed by atoms with Crippen LogP contribution in [0.1, 0.15) is 45.8 Å². The zero-order valence-electron chi connectivity index (χ0n) is 19.2. The van der Waals surface area contributed by atoms with E-state index in [1.54, 1.807) is 13.8 Å². The van der Waals surface area contributed by atoms with Gasteiger partial charge in [-0.3, -0.25) is 5.10 Å². The summed E-state index contributed by atoms with van der Waals surface area (Å²) >= 11 is 0. The quantitative estimate of drug-likeness (QED) is 0.350. The number of benzene rings is 2. The number of aryl methyl sites for hydroxylation is 2. The minimum Gasteiger partial charge on any atom is -0.460 e. The molecule has 34 heavy (non-hydrogen) atoms. The number of esters is 1. The Kier molecular flexibility index (Phi) is 6.80. The van der Waals surface area contributed by atoms with Crippen LogP contribution in [0.25, 0.3) is 11.0 Å². The maximum atomic E-state index is 12.8. The molecule has 0 atom stereocenters. The number of carbonyl (C=O) groups is 1. The minimum absolute atomic E-state index is 0.0744. The number of hydrogen-bond donors (Lipinski definition) is 2. The van der Waals surface area contributed by atoms with Crippen LogP contribution >= 0.6 is 0 Å². The molecular weight excluding hydrogens is 456 g/mol. The molecule has 0 saturated heterocycles. The highest BCUT2D eigenvalue weighted by Gasteiger charge is 2.21. The van der Waals surface area contributed by atoms with E-state index in [1.165, 1.54) is 23.8 Å².